The standard InChI is InChI=1S/C21H33NO4/c1-13(2)19(17-10-9-14(3)11-15(17)4)16(5)25-18(23)12-22-20(24)26-21(6,7)8/h9-11,13,16,19H,12H2,1-8H3,(H,22,24). The molecular weight excluding hydrogens is 330 g/mol. The largest absolute Gasteiger partial charge is 0.461 e. The summed E-state index contributed by atoms with van der Waals surface area (Å²) in [4.78, 5) is 23.8. The predicted molar refractivity (Wildman–Crippen MR) is 103 cm³/mol. The van der Waals surface area contributed by atoms with Crippen LogP contribution in [0.25, 0.3) is 0 Å². The molecule has 0 aromatic heterocycles. The molecule has 1 N–H and O–H groups in total. The van der Waals surface area contributed by atoms with E-state index in [2.05, 4.69) is 51.2 Å². The van der Waals surface area contributed by atoms with Crippen LogP contribution in [0, 0.1) is 19.8 Å². The number of amides is 1. The van der Waals surface area contributed by atoms with E-state index in [-0.39, 0.29) is 18.6 Å². The van der Waals surface area contributed by atoms with Crippen molar-refractivity contribution in [1.82, 2.24) is 5.32 Å². The number of hydrogen-bond donors (Lipinski definition) is 1. The molecule has 0 bridgehead atoms. The van der Waals surface area contributed by atoms with Crippen LogP contribution >= 0.6 is 0 Å². The molecule has 146 valence electrons. The van der Waals surface area contributed by atoms with E-state index in [0.29, 0.717) is 5.92 Å². The fraction of sp³-hybridized carbons (Fsp3) is 0.619. The Labute approximate surface area is 157 Å². The minimum Gasteiger partial charge on any atom is -0.461 e. The van der Waals surface area contributed by atoms with Crippen LogP contribution in [0.5, 0.6) is 0 Å². The van der Waals surface area contributed by atoms with E-state index in [4.69, 9.17) is 9.47 Å². The van der Waals surface area contributed by atoms with E-state index in [1.165, 1.54) is 16.7 Å². The van der Waals surface area contributed by atoms with Gasteiger partial charge in [0.2, 0.25) is 0 Å². The maximum Gasteiger partial charge on any atom is 0.408 e. The monoisotopic (exact) mass is 363 g/mol. The van der Waals surface area contributed by atoms with Crippen LogP contribution in [-0.4, -0.2) is 30.3 Å². The molecule has 1 aromatic rings. The Hall–Kier alpha value is -2.04. The van der Waals surface area contributed by atoms with Gasteiger partial charge in [-0.05, 0) is 58.6 Å². The molecule has 1 amide bonds. The Morgan fingerprint density at radius 2 is 1.73 bits per heavy atom. The first-order valence-corrected chi connectivity index (χ1v) is 9.14. The highest BCUT2D eigenvalue weighted by molar-refractivity contribution is 5.78. The van der Waals surface area contributed by atoms with Gasteiger partial charge in [0.1, 0.15) is 18.2 Å². The van der Waals surface area contributed by atoms with Crippen LogP contribution in [0.2, 0.25) is 0 Å². The third kappa shape index (κ3) is 7.06. The molecule has 0 saturated heterocycles. The molecule has 5 heteroatoms. The van der Waals surface area contributed by atoms with E-state index in [9.17, 15) is 9.59 Å². The molecule has 0 radical (unpaired) electrons. The van der Waals surface area contributed by atoms with Crippen molar-refractivity contribution in [1.29, 1.82) is 0 Å². The smallest absolute Gasteiger partial charge is 0.408 e. The summed E-state index contributed by atoms with van der Waals surface area (Å²) in [6.07, 6.45) is -0.929. The van der Waals surface area contributed by atoms with Gasteiger partial charge >= 0.3 is 12.1 Å². The zero-order chi connectivity index (χ0) is 20.1. The first kappa shape index (κ1) is 22.0. The van der Waals surface area contributed by atoms with Crippen molar-refractivity contribution >= 4 is 12.1 Å². The number of nitrogens with one attached hydrogen (secondary N) is 1. The molecule has 2 unspecified atom stereocenters. The zero-order valence-corrected chi connectivity index (χ0v) is 17.3. The minimum absolute atomic E-state index is 0.0843. The minimum atomic E-state index is -0.628. The van der Waals surface area contributed by atoms with Crippen molar-refractivity contribution < 1.29 is 19.1 Å². The second-order valence-corrected chi connectivity index (χ2v) is 8.18. The van der Waals surface area contributed by atoms with Crippen LogP contribution in [0.3, 0.4) is 0 Å². The number of alkyl carbamates (subject to hydrolysis) is 1. The maximum atomic E-state index is 12.1. The average Bonchev–Trinajstić information content (AvgIpc) is 2.45. The molecule has 0 aliphatic heterocycles. The molecule has 0 aliphatic rings. The summed E-state index contributed by atoms with van der Waals surface area (Å²) < 4.78 is 10.7. The summed E-state index contributed by atoms with van der Waals surface area (Å²) in [6, 6.07) is 6.33. The molecule has 0 spiro atoms. The summed E-state index contributed by atoms with van der Waals surface area (Å²) in [5, 5.41) is 2.44. The molecule has 2 atom stereocenters. The molecular formula is C21H33NO4. The molecule has 1 aromatic carbocycles. The van der Waals surface area contributed by atoms with Crippen LogP contribution in [0.4, 0.5) is 4.79 Å². The summed E-state index contributed by atoms with van der Waals surface area (Å²) in [5.74, 6) is -0.0853. The number of hydrogen-bond acceptors (Lipinski definition) is 4. The van der Waals surface area contributed by atoms with Crippen molar-refractivity contribution in [2.24, 2.45) is 5.92 Å². The number of carbonyl (C=O) groups excluding carboxylic acids is 2. The molecule has 5 nitrogen and oxygen atoms in total. The highest BCUT2D eigenvalue weighted by Gasteiger charge is 2.27. The Morgan fingerprint density at radius 3 is 2.23 bits per heavy atom. The lowest BCUT2D eigenvalue weighted by Crippen LogP contribution is -2.37. The summed E-state index contributed by atoms with van der Waals surface area (Å²) in [6.45, 7) is 15.4. The van der Waals surface area contributed by atoms with E-state index in [0.717, 1.165) is 0 Å². The predicted octanol–water partition coefficient (Wildman–Crippen LogP) is 4.50. The van der Waals surface area contributed by atoms with Gasteiger partial charge in [0.15, 0.2) is 0 Å². The number of aryl methyl sites for hydroxylation is 2. The van der Waals surface area contributed by atoms with Crippen molar-refractivity contribution in [3.05, 3.63) is 34.9 Å². The van der Waals surface area contributed by atoms with E-state index in [1.54, 1.807) is 20.8 Å². The summed E-state index contributed by atoms with van der Waals surface area (Å²) >= 11 is 0. The van der Waals surface area contributed by atoms with Gasteiger partial charge in [0.25, 0.3) is 0 Å². The lowest BCUT2D eigenvalue weighted by Gasteiger charge is -2.29. The molecule has 0 fully saturated rings. The highest BCUT2D eigenvalue weighted by atomic mass is 16.6. The summed E-state index contributed by atoms with van der Waals surface area (Å²) in [7, 11) is 0. The van der Waals surface area contributed by atoms with E-state index < -0.39 is 17.7 Å². The number of ether oxygens (including phenoxy) is 2. The first-order chi connectivity index (χ1) is 11.9. The topological polar surface area (TPSA) is 64.6 Å². The molecule has 0 aliphatic carbocycles. The van der Waals surface area contributed by atoms with Gasteiger partial charge in [-0.1, -0.05) is 37.6 Å². The van der Waals surface area contributed by atoms with Gasteiger partial charge in [0.05, 0.1) is 0 Å². The van der Waals surface area contributed by atoms with Crippen LogP contribution in [0.15, 0.2) is 18.2 Å². The van der Waals surface area contributed by atoms with Crippen LogP contribution in [0.1, 0.15) is 64.2 Å². The lowest BCUT2D eigenvalue weighted by atomic mass is 9.82. The van der Waals surface area contributed by atoms with Crippen molar-refractivity contribution in [3.63, 3.8) is 0 Å². The Bertz CT molecular complexity index is 631. The zero-order valence-electron chi connectivity index (χ0n) is 17.3. The summed E-state index contributed by atoms with van der Waals surface area (Å²) in [5.41, 5.74) is 2.98. The van der Waals surface area contributed by atoms with Gasteiger partial charge in [-0.25, -0.2) is 4.79 Å². The second-order valence-electron chi connectivity index (χ2n) is 8.18. The highest BCUT2D eigenvalue weighted by Crippen LogP contribution is 2.32. The fourth-order valence-electron chi connectivity index (χ4n) is 3.13. The number of rotatable bonds is 6. The molecule has 1 rings (SSSR count). The van der Waals surface area contributed by atoms with Gasteiger partial charge < -0.3 is 14.8 Å². The van der Waals surface area contributed by atoms with E-state index >= 15 is 0 Å². The van der Waals surface area contributed by atoms with Crippen molar-refractivity contribution in [3.8, 4) is 0 Å². The van der Waals surface area contributed by atoms with Crippen LogP contribution < -0.4 is 5.32 Å². The third-order valence-corrected chi connectivity index (χ3v) is 4.10. The Kier molecular flexibility index (Phi) is 7.67. The van der Waals surface area contributed by atoms with E-state index in [1.807, 2.05) is 6.92 Å². The number of benzene rings is 1. The third-order valence-electron chi connectivity index (χ3n) is 4.10. The molecule has 0 saturated carbocycles. The molecule has 0 heterocycles. The lowest BCUT2D eigenvalue weighted by molar-refractivity contribution is -0.148. The normalized spacial score (nSPS) is 13.9. The average molecular weight is 363 g/mol. The fourth-order valence-corrected chi connectivity index (χ4v) is 3.13. The van der Waals surface area contributed by atoms with Gasteiger partial charge in [0, 0.05) is 5.92 Å². The quantitative estimate of drug-likeness (QED) is 0.756. The van der Waals surface area contributed by atoms with Crippen LogP contribution in [-0.2, 0) is 14.3 Å². The first-order valence-electron chi connectivity index (χ1n) is 9.14. The number of esters is 1. The van der Waals surface area contributed by atoms with Gasteiger partial charge in [-0.3, -0.25) is 4.79 Å². The second kappa shape index (κ2) is 9.06. The Balaban J connectivity index is 2.71. The number of carbonyl (C=O) groups is 2. The van der Waals surface area contributed by atoms with Gasteiger partial charge in [-0.15, -0.1) is 0 Å². The van der Waals surface area contributed by atoms with Crippen molar-refractivity contribution in [2.45, 2.75) is 73.0 Å². The van der Waals surface area contributed by atoms with Crippen molar-refractivity contribution in [2.75, 3.05) is 6.54 Å². The Morgan fingerprint density at radius 1 is 1.12 bits per heavy atom. The molecule has 26 heavy (non-hydrogen) atoms. The SMILES string of the molecule is Cc1ccc(C(C(C)C)C(C)OC(=O)CNC(=O)OC(C)(C)C)c(C)c1. The maximum absolute atomic E-state index is 12.1. The van der Waals surface area contributed by atoms with Gasteiger partial charge in [-0.2, -0.15) is 0 Å².